The molecule has 13 heteroatoms. The first-order valence-electron chi connectivity index (χ1n) is 10.4. The van der Waals surface area contributed by atoms with Crippen molar-refractivity contribution in [3.8, 4) is 0 Å². The maximum Gasteiger partial charge on any atom is 0.408 e. The Bertz CT molecular complexity index is 852. The summed E-state index contributed by atoms with van der Waals surface area (Å²) in [6.45, 7) is 0.426. The summed E-state index contributed by atoms with van der Waals surface area (Å²) in [7, 11) is 1.07. The van der Waals surface area contributed by atoms with Gasteiger partial charge in [-0.05, 0) is 5.56 Å². The summed E-state index contributed by atoms with van der Waals surface area (Å²) in [5, 5.41) is 36.7. The lowest BCUT2D eigenvalue weighted by atomic mass is 9.95. The van der Waals surface area contributed by atoms with E-state index in [0.717, 1.165) is 14.0 Å². The smallest absolute Gasteiger partial charge is 0.408 e. The van der Waals surface area contributed by atoms with Crippen LogP contribution in [0.15, 0.2) is 30.3 Å². The Morgan fingerprint density at radius 2 is 1.76 bits per heavy atom. The largest absolute Gasteiger partial charge is 0.467 e. The molecule has 2 rings (SSSR count). The van der Waals surface area contributed by atoms with Gasteiger partial charge in [0.2, 0.25) is 11.8 Å². The zero-order valence-corrected chi connectivity index (χ0v) is 18.7. The van der Waals surface area contributed by atoms with Crippen LogP contribution < -0.4 is 16.0 Å². The highest BCUT2D eigenvalue weighted by Crippen LogP contribution is 2.20. The van der Waals surface area contributed by atoms with Crippen LogP contribution in [0.2, 0.25) is 0 Å². The van der Waals surface area contributed by atoms with E-state index in [2.05, 4.69) is 20.7 Å². The maximum atomic E-state index is 12.6. The average molecular weight is 483 g/mol. The quantitative estimate of drug-likeness (QED) is 0.212. The Morgan fingerprint density at radius 1 is 1.09 bits per heavy atom. The first-order valence-corrected chi connectivity index (χ1v) is 10.4. The van der Waals surface area contributed by atoms with E-state index in [1.807, 2.05) is 0 Å². The number of hydrogen-bond donors (Lipinski definition) is 6. The van der Waals surface area contributed by atoms with Crippen LogP contribution in [-0.4, -0.2) is 89.5 Å². The number of methoxy groups -OCH3 is 1. The van der Waals surface area contributed by atoms with Gasteiger partial charge < -0.3 is 45.5 Å². The Morgan fingerprint density at radius 3 is 2.35 bits per heavy atom. The van der Waals surface area contributed by atoms with Crippen molar-refractivity contribution >= 4 is 23.9 Å². The van der Waals surface area contributed by atoms with Crippen molar-refractivity contribution in [2.45, 2.75) is 56.6 Å². The number of nitrogens with one attached hydrogen (secondary N) is 3. The zero-order valence-electron chi connectivity index (χ0n) is 18.7. The Balaban J connectivity index is 2.02. The van der Waals surface area contributed by atoms with Gasteiger partial charge in [0, 0.05) is 6.92 Å². The summed E-state index contributed by atoms with van der Waals surface area (Å²) in [6.07, 6.45) is -7.25. The van der Waals surface area contributed by atoms with E-state index in [1.54, 1.807) is 30.3 Å². The van der Waals surface area contributed by atoms with E-state index >= 15 is 0 Å². The van der Waals surface area contributed by atoms with Gasteiger partial charge in [0.1, 0.15) is 37.0 Å². The number of amides is 3. The first kappa shape index (κ1) is 27.0. The number of hydrogen-bond acceptors (Lipinski definition) is 10. The molecule has 6 atom stereocenters. The van der Waals surface area contributed by atoms with Crippen LogP contribution in [0, 0.1) is 0 Å². The number of rotatable bonds is 9. The molecule has 34 heavy (non-hydrogen) atoms. The number of ether oxygens (including phenoxy) is 3. The van der Waals surface area contributed by atoms with Crippen LogP contribution in [0.3, 0.4) is 0 Å². The Hall–Kier alpha value is -3.26. The number of alkyl carbamates (subject to hydrolysis) is 1. The molecule has 0 spiro atoms. The minimum Gasteiger partial charge on any atom is -0.467 e. The summed E-state index contributed by atoms with van der Waals surface area (Å²) in [6, 6.07) is 6.12. The van der Waals surface area contributed by atoms with Crippen molar-refractivity contribution < 1.29 is 48.7 Å². The minimum atomic E-state index is -1.57. The fourth-order valence-corrected chi connectivity index (χ4v) is 3.28. The SMILES string of the molecule is COC(=O)[C@H](CC(=O)N[C@@H]1O[C@H](CO)[C@@H](O)[C@H](O)[C@H]1NC(C)=O)NC(=O)OCc1ccccc1. The second kappa shape index (κ2) is 12.8. The Labute approximate surface area is 195 Å². The first-order chi connectivity index (χ1) is 16.2. The van der Waals surface area contributed by atoms with Crippen molar-refractivity contribution in [3.05, 3.63) is 35.9 Å². The van der Waals surface area contributed by atoms with Gasteiger partial charge in [0.15, 0.2) is 6.23 Å². The predicted molar refractivity (Wildman–Crippen MR) is 114 cm³/mol. The second-order valence-electron chi connectivity index (χ2n) is 7.54. The molecule has 3 amide bonds. The number of carbonyl (C=O) groups excluding carboxylic acids is 4. The highest BCUT2D eigenvalue weighted by molar-refractivity contribution is 5.88. The molecule has 0 aromatic heterocycles. The molecule has 1 aliphatic heterocycles. The molecule has 0 aliphatic carbocycles. The average Bonchev–Trinajstić information content (AvgIpc) is 2.81. The topological polar surface area (TPSA) is 193 Å². The number of carbonyl (C=O) groups is 4. The van der Waals surface area contributed by atoms with Crippen molar-refractivity contribution in [3.63, 3.8) is 0 Å². The molecular formula is C21H29N3O10. The molecule has 1 aliphatic rings. The van der Waals surface area contributed by atoms with Gasteiger partial charge >= 0.3 is 12.1 Å². The third-order valence-corrected chi connectivity index (χ3v) is 4.98. The lowest BCUT2D eigenvalue weighted by molar-refractivity contribution is -0.203. The highest BCUT2D eigenvalue weighted by Gasteiger charge is 2.45. The van der Waals surface area contributed by atoms with Crippen LogP contribution in [0.4, 0.5) is 4.79 Å². The van der Waals surface area contributed by atoms with Crippen LogP contribution in [0.5, 0.6) is 0 Å². The number of aliphatic hydroxyl groups is 3. The molecule has 0 radical (unpaired) electrons. The lowest BCUT2D eigenvalue weighted by Crippen LogP contribution is -2.68. The van der Waals surface area contributed by atoms with E-state index in [4.69, 9.17) is 9.47 Å². The van der Waals surface area contributed by atoms with Gasteiger partial charge in [-0.2, -0.15) is 0 Å². The molecule has 6 N–H and O–H groups in total. The van der Waals surface area contributed by atoms with Gasteiger partial charge in [-0.1, -0.05) is 30.3 Å². The van der Waals surface area contributed by atoms with Gasteiger partial charge in [-0.3, -0.25) is 9.59 Å². The lowest BCUT2D eigenvalue weighted by Gasteiger charge is -2.42. The van der Waals surface area contributed by atoms with Gasteiger partial charge in [0.25, 0.3) is 0 Å². The molecule has 1 saturated heterocycles. The molecule has 1 aromatic carbocycles. The normalized spacial score (nSPS) is 24.9. The van der Waals surface area contributed by atoms with Crippen LogP contribution >= 0.6 is 0 Å². The second-order valence-corrected chi connectivity index (χ2v) is 7.54. The maximum absolute atomic E-state index is 12.6. The molecule has 0 saturated carbocycles. The van der Waals surface area contributed by atoms with Crippen molar-refractivity contribution in [1.29, 1.82) is 0 Å². The molecule has 0 bridgehead atoms. The van der Waals surface area contributed by atoms with E-state index in [0.29, 0.717) is 5.56 Å². The van der Waals surface area contributed by atoms with Crippen molar-refractivity contribution in [2.75, 3.05) is 13.7 Å². The summed E-state index contributed by atoms with van der Waals surface area (Å²) in [5.41, 5.74) is 0.711. The zero-order chi connectivity index (χ0) is 25.3. The summed E-state index contributed by atoms with van der Waals surface area (Å²) < 4.78 is 15.1. The van der Waals surface area contributed by atoms with Gasteiger partial charge in [-0.15, -0.1) is 0 Å². The monoisotopic (exact) mass is 483 g/mol. The number of aliphatic hydroxyl groups excluding tert-OH is 3. The van der Waals surface area contributed by atoms with Crippen molar-refractivity contribution in [1.82, 2.24) is 16.0 Å². The molecule has 188 valence electrons. The summed E-state index contributed by atoms with van der Waals surface area (Å²) in [5.74, 6) is -2.31. The molecule has 13 nitrogen and oxygen atoms in total. The Kier molecular flexibility index (Phi) is 10.2. The molecule has 1 heterocycles. The van der Waals surface area contributed by atoms with E-state index in [1.165, 1.54) is 0 Å². The molecule has 1 fully saturated rings. The third kappa shape index (κ3) is 7.66. The predicted octanol–water partition coefficient (Wildman–Crippen LogP) is -2.10. The highest BCUT2D eigenvalue weighted by atomic mass is 16.6. The van der Waals surface area contributed by atoms with Gasteiger partial charge in [-0.25, -0.2) is 9.59 Å². The van der Waals surface area contributed by atoms with Crippen LogP contribution in [-0.2, 0) is 35.2 Å². The fraction of sp³-hybridized carbons (Fsp3) is 0.524. The molecule has 1 aromatic rings. The van der Waals surface area contributed by atoms with Crippen molar-refractivity contribution in [2.24, 2.45) is 0 Å². The standard InChI is InChI=1S/C21H29N3O10/c1-11(26)22-16-18(29)17(28)14(9-25)34-19(16)24-15(27)8-13(20(30)32-2)23-21(31)33-10-12-6-4-3-5-7-12/h3-7,13-14,16-19,25,28-29H,8-10H2,1-2H3,(H,22,26)(H,23,31)(H,24,27)/t13-,14+,16+,17+,18+,19+/m0/s1. The molecular weight excluding hydrogens is 454 g/mol. The van der Waals surface area contributed by atoms with Crippen LogP contribution in [0.1, 0.15) is 18.9 Å². The number of benzene rings is 1. The summed E-state index contributed by atoms with van der Waals surface area (Å²) in [4.78, 5) is 48.3. The fourth-order valence-electron chi connectivity index (χ4n) is 3.28. The van der Waals surface area contributed by atoms with E-state index in [-0.39, 0.29) is 6.61 Å². The van der Waals surface area contributed by atoms with E-state index < -0.39 is 73.5 Å². The van der Waals surface area contributed by atoms with Gasteiger partial charge in [0.05, 0.1) is 20.1 Å². The third-order valence-electron chi connectivity index (χ3n) is 4.98. The van der Waals surface area contributed by atoms with E-state index in [9.17, 15) is 34.5 Å². The number of esters is 1. The summed E-state index contributed by atoms with van der Waals surface area (Å²) >= 11 is 0. The van der Waals surface area contributed by atoms with Crippen LogP contribution in [0.25, 0.3) is 0 Å². The minimum absolute atomic E-state index is 0.0656. The molecule has 0 unspecified atom stereocenters.